The van der Waals surface area contributed by atoms with E-state index in [0.717, 1.165) is 49.9 Å². The highest BCUT2D eigenvalue weighted by Gasteiger charge is 2.33. The van der Waals surface area contributed by atoms with Crippen LogP contribution in [0.15, 0.2) is 53.4 Å². The molecule has 0 aliphatic carbocycles. The average molecular weight is 449 g/mol. The molecule has 2 aliphatic rings. The summed E-state index contributed by atoms with van der Waals surface area (Å²) in [4.78, 5) is 2.87. The molecule has 0 aromatic heterocycles. The minimum Gasteiger partial charge on any atom is -0.381 e. The van der Waals surface area contributed by atoms with Gasteiger partial charge in [-0.3, -0.25) is 0 Å². The van der Waals surface area contributed by atoms with Crippen molar-refractivity contribution in [2.24, 2.45) is 0 Å². The fraction of sp³-hybridized carbons (Fsp3) is 0.478. The smallest absolute Gasteiger partial charge is 0.243 e. The van der Waals surface area contributed by atoms with Crippen molar-refractivity contribution in [2.45, 2.75) is 42.7 Å². The van der Waals surface area contributed by atoms with Gasteiger partial charge in [0.05, 0.1) is 11.0 Å². The molecule has 2 fully saturated rings. The lowest BCUT2D eigenvalue weighted by Crippen LogP contribution is -2.49. The molecular formula is C23H29ClN2O3S. The monoisotopic (exact) mass is 448 g/mol. The molecule has 162 valence electrons. The Morgan fingerprint density at radius 2 is 1.57 bits per heavy atom. The number of benzene rings is 2. The molecule has 2 aromatic rings. The van der Waals surface area contributed by atoms with Gasteiger partial charge in [-0.25, -0.2) is 8.42 Å². The van der Waals surface area contributed by atoms with Crippen LogP contribution < -0.4 is 0 Å². The minimum atomic E-state index is -3.50. The Labute approximate surface area is 184 Å². The third-order valence-electron chi connectivity index (χ3n) is 6.40. The maximum atomic E-state index is 13.3. The van der Waals surface area contributed by atoms with Gasteiger partial charge in [-0.05, 0) is 61.1 Å². The Morgan fingerprint density at radius 1 is 0.900 bits per heavy atom. The van der Waals surface area contributed by atoms with Gasteiger partial charge in [0.2, 0.25) is 10.0 Å². The van der Waals surface area contributed by atoms with Gasteiger partial charge in [-0.2, -0.15) is 4.31 Å². The Bertz CT molecular complexity index is 949. The number of nitrogens with zero attached hydrogens (tertiary/aromatic N) is 2. The van der Waals surface area contributed by atoms with Gasteiger partial charge >= 0.3 is 0 Å². The van der Waals surface area contributed by atoms with Crippen LogP contribution in [-0.4, -0.2) is 63.1 Å². The van der Waals surface area contributed by atoms with Crippen LogP contribution in [0, 0.1) is 0 Å². The number of hydrogen-bond acceptors (Lipinski definition) is 4. The summed E-state index contributed by atoms with van der Waals surface area (Å²) >= 11 is 5.97. The van der Waals surface area contributed by atoms with Crippen molar-refractivity contribution in [1.82, 2.24) is 9.21 Å². The second kappa shape index (κ2) is 9.37. The van der Waals surface area contributed by atoms with Crippen molar-refractivity contribution in [3.8, 4) is 11.1 Å². The minimum absolute atomic E-state index is 0.356. The largest absolute Gasteiger partial charge is 0.381 e. The molecule has 0 bridgehead atoms. The molecule has 0 spiro atoms. The zero-order valence-electron chi connectivity index (χ0n) is 17.3. The molecule has 5 nitrogen and oxygen atoms in total. The summed E-state index contributed by atoms with van der Waals surface area (Å²) in [6.45, 7) is 3.23. The number of piperidine rings is 2. The summed E-state index contributed by atoms with van der Waals surface area (Å²) in [6, 6.07) is 15.1. The molecule has 0 amide bonds. The molecule has 0 atom stereocenters. The van der Waals surface area contributed by atoms with E-state index in [1.54, 1.807) is 23.5 Å². The molecule has 4 rings (SSSR count). The van der Waals surface area contributed by atoms with E-state index in [9.17, 15) is 8.42 Å². The molecule has 0 saturated carbocycles. The van der Waals surface area contributed by atoms with Crippen LogP contribution >= 0.6 is 11.6 Å². The van der Waals surface area contributed by atoms with Crippen LogP contribution in [-0.2, 0) is 14.8 Å². The molecule has 2 aliphatic heterocycles. The average Bonchev–Trinajstić information content (AvgIpc) is 2.80. The Morgan fingerprint density at radius 3 is 2.20 bits per heavy atom. The highest BCUT2D eigenvalue weighted by atomic mass is 35.5. The topological polar surface area (TPSA) is 49.9 Å². The lowest BCUT2D eigenvalue weighted by atomic mass is 10.00. The quantitative estimate of drug-likeness (QED) is 0.685. The number of halogens is 1. The molecule has 2 aromatic carbocycles. The van der Waals surface area contributed by atoms with Gasteiger partial charge in [-0.15, -0.1) is 0 Å². The fourth-order valence-electron chi connectivity index (χ4n) is 4.55. The molecule has 30 heavy (non-hydrogen) atoms. The maximum Gasteiger partial charge on any atom is 0.243 e. The second-order valence-corrected chi connectivity index (χ2v) is 10.5. The first-order valence-corrected chi connectivity index (χ1v) is 12.4. The van der Waals surface area contributed by atoms with Crippen LogP contribution in [0.2, 0.25) is 5.02 Å². The van der Waals surface area contributed by atoms with Crippen molar-refractivity contribution >= 4 is 21.6 Å². The van der Waals surface area contributed by atoms with Gasteiger partial charge in [-0.1, -0.05) is 35.9 Å². The third-order valence-corrected chi connectivity index (χ3v) is 8.55. The summed E-state index contributed by atoms with van der Waals surface area (Å²) in [5.41, 5.74) is 1.83. The van der Waals surface area contributed by atoms with E-state index in [1.807, 2.05) is 36.4 Å². The van der Waals surface area contributed by atoms with Gasteiger partial charge in [0.1, 0.15) is 0 Å². The van der Waals surface area contributed by atoms with Crippen LogP contribution in [0.4, 0.5) is 0 Å². The summed E-state index contributed by atoms with van der Waals surface area (Å²) in [5.74, 6) is 0. The zero-order valence-corrected chi connectivity index (χ0v) is 18.9. The van der Waals surface area contributed by atoms with Crippen molar-refractivity contribution in [3.63, 3.8) is 0 Å². The number of rotatable bonds is 5. The molecule has 2 heterocycles. The van der Waals surface area contributed by atoms with Crippen molar-refractivity contribution in [2.75, 3.05) is 33.3 Å². The molecule has 0 unspecified atom stereocenters. The predicted molar refractivity (Wildman–Crippen MR) is 120 cm³/mol. The highest BCUT2D eigenvalue weighted by Crippen LogP contribution is 2.28. The predicted octanol–water partition coefficient (Wildman–Crippen LogP) is 4.27. The first-order chi connectivity index (χ1) is 14.5. The van der Waals surface area contributed by atoms with Gasteiger partial charge in [0.15, 0.2) is 0 Å². The first kappa shape index (κ1) is 21.8. The van der Waals surface area contributed by atoms with Crippen LogP contribution in [0.1, 0.15) is 25.7 Å². The highest BCUT2D eigenvalue weighted by molar-refractivity contribution is 7.89. The Hall–Kier alpha value is -1.44. The van der Waals surface area contributed by atoms with Gasteiger partial charge < -0.3 is 9.64 Å². The van der Waals surface area contributed by atoms with Gasteiger partial charge in [0.25, 0.3) is 0 Å². The number of methoxy groups -OCH3 is 1. The van der Waals surface area contributed by atoms with E-state index in [0.29, 0.717) is 35.2 Å². The Kier molecular flexibility index (Phi) is 6.80. The molecule has 0 radical (unpaired) electrons. The maximum absolute atomic E-state index is 13.3. The van der Waals surface area contributed by atoms with E-state index in [1.165, 1.54) is 0 Å². The SMILES string of the molecule is COC1CCN(C2CCN(S(=O)(=O)c3cccc(-c4ccc(Cl)cc4)c3)CC2)CC1. The molecule has 7 heteroatoms. The van der Waals surface area contributed by atoms with Crippen molar-refractivity contribution in [3.05, 3.63) is 53.6 Å². The number of sulfonamides is 1. The summed E-state index contributed by atoms with van der Waals surface area (Å²) < 4.78 is 33.6. The zero-order chi connectivity index (χ0) is 21.1. The van der Waals surface area contributed by atoms with Crippen molar-refractivity contribution in [1.29, 1.82) is 0 Å². The van der Waals surface area contributed by atoms with Gasteiger partial charge in [0, 0.05) is 44.4 Å². The van der Waals surface area contributed by atoms with E-state index in [2.05, 4.69) is 4.90 Å². The van der Waals surface area contributed by atoms with E-state index in [-0.39, 0.29) is 0 Å². The summed E-state index contributed by atoms with van der Waals surface area (Å²) in [7, 11) is -1.72. The normalized spacial score (nSPS) is 20.5. The lowest BCUT2D eigenvalue weighted by molar-refractivity contribution is 0.0190. The third kappa shape index (κ3) is 4.73. The molecular weight excluding hydrogens is 420 g/mol. The fourth-order valence-corrected chi connectivity index (χ4v) is 6.19. The standard InChI is InChI=1S/C23H29ClN2O3S/c1-29-22-11-13-25(14-12-22)21-9-15-26(16-10-21)30(27,28)23-4-2-3-19(17-23)18-5-7-20(24)8-6-18/h2-8,17,21-22H,9-16H2,1H3. The van der Waals surface area contributed by atoms with E-state index in [4.69, 9.17) is 16.3 Å². The van der Waals surface area contributed by atoms with Crippen LogP contribution in [0.3, 0.4) is 0 Å². The van der Waals surface area contributed by atoms with E-state index < -0.39 is 10.0 Å². The van der Waals surface area contributed by atoms with Crippen LogP contribution in [0.25, 0.3) is 11.1 Å². The summed E-state index contributed by atoms with van der Waals surface area (Å²) in [6.07, 6.45) is 4.26. The number of hydrogen-bond donors (Lipinski definition) is 0. The number of likely N-dealkylation sites (tertiary alicyclic amines) is 1. The Balaban J connectivity index is 1.42. The lowest BCUT2D eigenvalue weighted by Gasteiger charge is -2.41. The first-order valence-electron chi connectivity index (χ1n) is 10.6. The molecule has 0 N–H and O–H groups in total. The number of ether oxygens (including phenoxy) is 1. The van der Waals surface area contributed by atoms with E-state index >= 15 is 0 Å². The van der Waals surface area contributed by atoms with Crippen molar-refractivity contribution < 1.29 is 13.2 Å². The summed E-state index contributed by atoms with van der Waals surface area (Å²) in [5, 5.41) is 0.664. The van der Waals surface area contributed by atoms with Crippen LogP contribution in [0.5, 0.6) is 0 Å². The molecule has 2 saturated heterocycles. The second-order valence-electron chi connectivity index (χ2n) is 8.14.